The van der Waals surface area contributed by atoms with Crippen molar-refractivity contribution in [3.63, 3.8) is 0 Å². The fourth-order valence-corrected chi connectivity index (χ4v) is 3.43. The Kier molecular flexibility index (Phi) is 5.31. The quantitative estimate of drug-likeness (QED) is 0.802. The number of carbonyl (C=O) groups is 1. The van der Waals surface area contributed by atoms with Gasteiger partial charge in [0, 0.05) is 10.2 Å². The lowest BCUT2D eigenvalue weighted by Crippen LogP contribution is -2.52. The van der Waals surface area contributed by atoms with Gasteiger partial charge in [-0.1, -0.05) is 26.0 Å². The highest BCUT2D eigenvalue weighted by molar-refractivity contribution is 9.10. The van der Waals surface area contributed by atoms with E-state index in [0.29, 0.717) is 18.4 Å². The second-order valence-electron chi connectivity index (χ2n) is 6.10. The molecule has 1 aromatic rings. The van der Waals surface area contributed by atoms with Crippen LogP contribution in [0.15, 0.2) is 28.7 Å². The molecule has 3 atom stereocenters. The van der Waals surface area contributed by atoms with Crippen LogP contribution >= 0.6 is 15.9 Å². The van der Waals surface area contributed by atoms with E-state index in [4.69, 9.17) is 4.74 Å². The molecule has 0 aromatic heterocycles. The first kappa shape index (κ1) is 16.3. The summed E-state index contributed by atoms with van der Waals surface area (Å²) in [6.07, 6.45) is 2.67. The van der Waals surface area contributed by atoms with Crippen molar-refractivity contribution in [3.8, 4) is 0 Å². The van der Waals surface area contributed by atoms with E-state index < -0.39 is 5.54 Å². The van der Waals surface area contributed by atoms with Crippen LogP contribution in [-0.4, -0.2) is 18.1 Å². The van der Waals surface area contributed by atoms with Crippen molar-refractivity contribution < 1.29 is 9.53 Å². The molecule has 0 heterocycles. The SMILES string of the molecule is CCOC(=O)C1(Nc2ccccc2Br)CCC(C)C(C)C1. The number of carbonyl (C=O) groups excluding carboxylic acids is 1. The predicted octanol–water partition coefficient (Wildman–Crippen LogP) is 4.62. The van der Waals surface area contributed by atoms with E-state index in [1.807, 2.05) is 31.2 Å². The normalized spacial score (nSPS) is 29.0. The third-order valence-electron chi connectivity index (χ3n) is 4.58. The van der Waals surface area contributed by atoms with Crippen molar-refractivity contribution in [1.82, 2.24) is 0 Å². The highest BCUT2D eigenvalue weighted by Crippen LogP contribution is 2.40. The van der Waals surface area contributed by atoms with Gasteiger partial charge < -0.3 is 10.1 Å². The van der Waals surface area contributed by atoms with Crippen LogP contribution in [0.5, 0.6) is 0 Å². The minimum absolute atomic E-state index is 0.125. The van der Waals surface area contributed by atoms with E-state index in [2.05, 4.69) is 35.1 Å². The molecule has 1 fully saturated rings. The van der Waals surface area contributed by atoms with Crippen LogP contribution in [0, 0.1) is 11.8 Å². The average Bonchev–Trinajstić information content (AvgIpc) is 2.46. The van der Waals surface area contributed by atoms with E-state index >= 15 is 0 Å². The Morgan fingerprint density at radius 2 is 2.10 bits per heavy atom. The molecule has 21 heavy (non-hydrogen) atoms. The number of hydrogen-bond acceptors (Lipinski definition) is 3. The van der Waals surface area contributed by atoms with E-state index in [1.165, 1.54) is 0 Å². The number of esters is 1. The molecule has 2 rings (SSSR count). The van der Waals surface area contributed by atoms with Crippen LogP contribution < -0.4 is 5.32 Å². The first-order valence-corrected chi connectivity index (χ1v) is 8.47. The molecule has 1 N–H and O–H groups in total. The van der Waals surface area contributed by atoms with Gasteiger partial charge in [0.25, 0.3) is 0 Å². The first-order valence-electron chi connectivity index (χ1n) is 7.68. The molecule has 0 bridgehead atoms. The maximum absolute atomic E-state index is 12.6. The van der Waals surface area contributed by atoms with Gasteiger partial charge in [0.2, 0.25) is 0 Å². The number of anilines is 1. The van der Waals surface area contributed by atoms with E-state index in [-0.39, 0.29) is 5.97 Å². The second kappa shape index (κ2) is 6.82. The Balaban J connectivity index is 2.28. The van der Waals surface area contributed by atoms with Gasteiger partial charge in [0.1, 0.15) is 5.54 Å². The molecule has 0 radical (unpaired) electrons. The summed E-state index contributed by atoms with van der Waals surface area (Å²) in [4.78, 5) is 12.6. The third-order valence-corrected chi connectivity index (χ3v) is 5.27. The smallest absolute Gasteiger partial charge is 0.331 e. The molecule has 0 saturated heterocycles. The molecule has 0 aliphatic heterocycles. The van der Waals surface area contributed by atoms with Gasteiger partial charge in [-0.3, -0.25) is 0 Å². The van der Waals surface area contributed by atoms with Crippen LogP contribution in [0.3, 0.4) is 0 Å². The lowest BCUT2D eigenvalue weighted by atomic mass is 9.71. The number of benzene rings is 1. The van der Waals surface area contributed by atoms with E-state index in [9.17, 15) is 4.79 Å². The van der Waals surface area contributed by atoms with Gasteiger partial charge in [-0.05, 0) is 66.1 Å². The molecule has 0 spiro atoms. The highest BCUT2D eigenvalue weighted by Gasteiger charge is 2.45. The largest absolute Gasteiger partial charge is 0.464 e. The summed E-state index contributed by atoms with van der Waals surface area (Å²) in [7, 11) is 0. The van der Waals surface area contributed by atoms with Crippen molar-refractivity contribution in [1.29, 1.82) is 0 Å². The number of rotatable bonds is 4. The van der Waals surface area contributed by atoms with Crippen molar-refractivity contribution in [3.05, 3.63) is 28.7 Å². The fourth-order valence-electron chi connectivity index (χ4n) is 3.05. The highest BCUT2D eigenvalue weighted by atomic mass is 79.9. The minimum Gasteiger partial charge on any atom is -0.464 e. The second-order valence-corrected chi connectivity index (χ2v) is 6.96. The average molecular weight is 354 g/mol. The number of hydrogen-bond donors (Lipinski definition) is 1. The topological polar surface area (TPSA) is 38.3 Å². The molecule has 3 nitrogen and oxygen atoms in total. The van der Waals surface area contributed by atoms with Gasteiger partial charge in [-0.2, -0.15) is 0 Å². The van der Waals surface area contributed by atoms with Crippen molar-refractivity contribution in [2.24, 2.45) is 11.8 Å². The van der Waals surface area contributed by atoms with E-state index in [0.717, 1.165) is 29.4 Å². The minimum atomic E-state index is -0.605. The van der Waals surface area contributed by atoms with Crippen LogP contribution in [0.25, 0.3) is 0 Å². The molecular weight excluding hydrogens is 330 g/mol. The van der Waals surface area contributed by atoms with E-state index in [1.54, 1.807) is 0 Å². The summed E-state index contributed by atoms with van der Waals surface area (Å²) in [5.74, 6) is 1.02. The maximum atomic E-state index is 12.6. The Hall–Kier alpha value is -1.03. The van der Waals surface area contributed by atoms with Crippen LogP contribution in [0.4, 0.5) is 5.69 Å². The van der Waals surface area contributed by atoms with Gasteiger partial charge in [-0.25, -0.2) is 4.79 Å². The van der Waals surface area contributed by atoms with Gasteiger partial charge in [0.05, 0.1) is 6.61 Å². The summed E-state index contributed by atoms with van der Waals surface area (Å²) in [6, 6.07) is 7.92. The molecule has 1 saturated carbocycles. The zero-order valence-corrected chi connectivity index (χ0v) is 14.6. The summed E-state index contributed by atoms with van der Waals surface area (Å²) in [6.45, 7) is 6.76. The number of halogens is 1. The first-order chi connectivity index (χ1) is 9.98. The lowest BCUT2D eigenvalue weighted by molar-refractivity contribution is -0.150. The van der Waals surface area contributed by atoms with Gasteiger partial charge in [0.15, 0.2) is 0 Å². The van der Waals surface area contributed by atoms with Gasteiger partial charge in [-0.15, -0.1) is 0 Å². The number of nitrogens with one attached hydrogen (secondary N) is 1. The Bertz CT molecular complexity index is 505. The Morgan fingerprint density at radius 3 is 2.71 bits per heavy atom. The number of ether oxygens (including phenoxy) is 1. The van der Waals surface area contributed by atoms with Crippen molar-refractivity contribution >= 4 is 27.6 Å². The summed E-state index contributed by atoms with van der Waals surface area (Å²) in [5.41, 5.74) is 0.346. The summed E-state index contributed by atoms with van der Waals surface area (Å²) >= 11 is 3.55. The fraction of sp³-hybridized carbons (Fsp3) is 0.588. The molecule has 1 aliphatic rings. The Morgan fingerprint density at radius 1 is 1.38 bits per heavy atom. The lowest BCUT2D eigenvalue weighted by Gasteiger charge is -2.42. The zero-order valence-electron chi connectivity index (χ0n) is 13.0. The van der Waals surface area contributed by atoms with Crippen LogP contribution in [0.2, 0.25) is 0 Å². The summed E-state index contributed by atoms with van der Waals surface area (Å²) in [5, 5.41) is 3.48. The van der Waals surface area contributed by atoms with Crippen molar-refractivity contribution in [2.45, 2.75) is 45.6 Å². The Labute approximate surface area is 135 Å². The molecule has 3 unspecified atom stereocenters. The molecule has 4 heteroatoms. The summed E-state index contributed by atoms with van der Waals surface area (Å²) < 4.78 is 6.34. The molecule has 1 aliphatic carbocycles. The van der Waals surface area contributed by atoms with Crippen LogP contribution in [-0.2, 0) is 9.53 Å². The van der Waals surface area contributed by atoms with Crippen LogP contribution in [0.1, 0.15) is 40.0 Å². The number of para-hydroxylation sites is 1. The molecular formula is C17H24BrNO2. The molecule has 116 valence electrons. The maximum Gasteiger partial charge on any atom is 0.331 e. The molecule has 0 amide bonds. The van der Waals surface area contributed by atoms with Crippen molar-refractivity contribution in [2.75, 3.05) is 11.9 Å². The third kappa shape index (κ3) is 3.60. The predicted molar refractivity (Wildman–Crippen MR) is 89.3 cm³/mol. The standard InChI is InChI=1S/C17H24BrNO2/c1-4-21-16(20)17(10-9-12(2)13(3)11-17)19-15-8-6-5-7-14(15)18/h5-8,12-13,19H,4,9-11H2,1-3H3. The van der Waals surface area contributed by atoms with Gasteiger partial charge >= 0.3 is 5.97 Å². The monoisotopic (exact) mass is 353 g/mol. The zero-order chi connectivity index (χ0) is 15.5. The molecule has 1 aromatic carbocycles.